The van der Waals surface area contributed by atoms with Crippen LogP contribution in [0.3, 0.4) is 0 Å². The number of aryl methyl sites for hydroxylation is 2. The van der Waals surface area contributed by atoms with Gasteiger partial charge in [-0.2, -0.15) is 0 Å². The standard InChI is InChI=1S/C17H26N2O3S/c1-13-6-5-7-18(11-13)17(20)12-19(23(4,21)22)16-9-14(2)8-15(3)10-16/h8-10,13H,5-7,11-12H2,1-4H3. The molecule has 0 radical (unpaired) electrons. The number of hydrogen-bond donors (Lipinski definition) is 0. The van der Waals surface area contributed by atoms with E-state index in [9.17, 15) is 13.2 Å². The van der Waals surface area contributed by atoms with Gasteiger partial charge in [0, 0.05) is 13.1 Å². The minimum atomic E-state index is -3.51. The number of likely N-dealkylation sites (tertiary alicyclic amines) is 1. The first-order valence-electron chi connectivity index (χ1n) is 8.00. The van der Waals surface area contributed by atoms with Crippen LogP contribution in [0.5, 0.6) is 0 Å². The first-order chi connectivity index (χ1) is 10.7. The Hall–Kier alpha value is -1.56. The summed E-state index contributed by atoms with van der Waals surface area (Å²) in [4.78, 5) is 14.4. The second-order valence-corrected chi connectivity index (χ2v) is 8.61. The normalized spacial score (nSPS) is 18.8. The number of carbonyl (C=O) groups is 1. The summed E-state index contributed by atoms with van der Waals surface area (Å²) in [5.74, 6) is 0.349. The quantitative estimate of drug-likeness (QED) is 0.846. The largest absolute Gasteiger partial charge is 0.341 e. The lowest BCUT2D eigenvalue weighted by molar-refractivity contribution is -0.131. The Labute approximate surface area is 139 Å². The molecule has 5 nitrogen and oxygen atoms in total. The van der Waals surface area contributed by atoms with Crippen LogP contribution in [0.4, 0.5) is 5.69 Å². The van der Waals surface area contributed by atoms with E-state index in [1.54, 1.807) is 17.0 Å². The van der Waals surface area contributed by atoms with Crippen molar-refractivity contribution in [3.63, 3.8) is 0 Å². The summed E-state index contributed by atoms with van der Waals surface area (Å²) < 4.78 is 25.6. The van der Waals surface area contributed by atoms with Gasteiger partial charge in [-0.3, -0.25) is 9.10 Å². The van der Waals surface area contributed by atoms with E-state index >= 15 is 0 Å². The monoisotopic (exact) mass is 338 g/mol. The Morgan fingerprint density at radius 1 is 1.26 bits per heavy atom. The van der Waals surface area contributed by atoms with E-state index in [1.807, 2.05) is 19.9 Å². The van der Waals surface area contributed by atoms with Gasteiger partial charge in [0.2, 0.25) is 15.9 Å². The van der Waals surface area contributed by atoms with Crippen molar-refractivity contribution in [2.45, 2.75) is 33.6 Å². The molecule has 1 aliphatic heterocycles. The molecule has 2 rings (SSSR count). The van der Waals surface area contributed by atoms with E-state index in [1.165, 1.54) is 4.31 Å². The van der Waals surface area contributed by atoms with Crippen LogP contribution in [0.25, 0.3) is 0 Å². The van der Waals surface area contributed by atoms with E-state index < -0.39 is 10.0 Å². The molecule has 0 bridgehead atoms. The molecule has 1 aromatic rings. The Kier molecular flexibility index (Phi) is 5.34. The van der Waals surface area contributed by atoms with Crippen LogP contribution in [0.1, 0.15) is 30.9 Å². The maximum absolute atomic E-state index is 12.6. The van der Waals surface area contributed by atoms with Gasteiger partial charge >= 0.3 is 0 Å². The van der Waals surface area contributed by atoms with Crippen LogP contribution in [0.2, 0.25) is 0 Å². The molecule has 128 valence electrons. The average molecular weight is 338 g/mol. The van der Waals surface area contributed by atoms with Crippen LogP contribution in [0, 0.1) is 19.8 Å². The van der Waals surface area contributed by atoms with Gasteiger partial charge in [-0.1, -0.05) is 13.0 Å². The molecule has 0 spiro atoms. The highest BCUT2D eigenvalue weighted by molar-refractivity contribution is 7.92. The van der Waals surface area contributed by atoms with Gasteiger partial charge in [0.15, 0.2) is 0 Å². The highest BCUT2D eigenvalue weighted by Crippen LogP contribution is 2.22. The number of nitrogens with zero attached hydrogens (tertiary/aromatic N) is 2. The van der Waals surface area contributed by atoms with E-state index in [4.69, 9.17) is 0 Å². The lowest BCUT2D eigenvalue weighted by atomic mass is 10.0. The molecule has 0 N–H and O–H groups in total. The van der Waals surface area contributed by atoms with Gasteiger partial charge in [0.25, 0.3) is 0 Å². The molecule has 1 fully saturated rings. The van der Waals surface area contributed by atoms with Gasteiger partial charge < -0.3 is 4.90 Å². The Balaban J connectivity index is 2.24. The molecule has 0 aliphatic carbocycles. The third-order valence-electron chi connectivity index (χ3n) is 4.18. The van der Waals surface area contributed by atoms with Gasteiger partial charge in [0.1, 0.15) is 6.54 Å². The second-order valence-electron chi connectivity index (χ2n) is 6.70. The summed E-state index contributed by atoms with van der Waals surface area (Å²) in [7, 11) is -3.51. The molecule has 1 unspecified atom stereocenters. The number of amides is 1. The SMILES string of the molecule is Cc1cc(C)cc(N(CC(=O)N2CCCC(C)C2)S(C)(=O)=O)c1. The zero-order valence-corrected chi connectivity index (χ0v) is 15.2. The lowest BCUT2D eigenvalue weighted by Gasteiger charge is -2.33. The number of hydrogen-bond acceptors (Lipinski definition) is 3. The first kappa shape index (κ1) is 17.8. The number of anilines is 1. The summed E-state index contributed by atoms with van der Waals surface area (Å²) in [5, 5.41) is 0. The number of piperidine rings is 1. The van der Waals surface area contributed by atoms with Crippen molar-refractivity contribution in [1.82, 2.24) is 4.90 Å². The van der Waals surface area contributed by atoms with E-state index in [0.29, 0.717) is 24.7 Å². The fourth-order valence-electron chi connectivity index (χ4n) is 3.13. The number of benzene rings is 1. The van der Waals surface area contributed by atoms with Crippen molar-refractivity contribution >= 4 is 21.6 Å². The molecule has 1 amide bonds. The third kappa shape index (κ3) is 4.70. The Morgan fingerprint density at radius 3 is 2.39 bits per heavy atom. The third-order valence-corrected chi connectivity index (χ3v) is 5.32. The molecule has 6 heteroatoms. The maximum Gasteiger partial charge on any atom is 0.243 e. The molecule has 0 saturated carbocycles. The molecular weight excluding hydrogens is 312 g/mol. The molecular formula is C17H26N2O3S. The number of sulfonamides is 1. The molecule has 1 heterocycles. The van der Waals surface area contributed by atoms with Crippen molar-refractivity contribution in [1.29, 1.82) is 0 Å². The topological polar surface area (TPSA) is 57.7 Å². The summed E-state index contributed by atoms with van der Waals surface area (Å²) >= 11 is 0. The summed E-state index contributed by atoms with van der Waals surface area (Å²) in [6, 6.07) is 5.60. The van der Waals surface area contributed by atoms with Crippen LogP contribution in [-0.4, -0.2) is 45.1 Å². The predicted octanol–water partition coefficient (Wildman–Crippen LogP) is 2.33. The highest BCUT2D eigenvalue weighted by atomic mass is 32.2. The maximum atomic E-state index is 12.6. The molecule has 0 aromatic heterocycles. The molecule has 1 aromatic carbocycles. The minimum Gasteiger partial charge on any atom is -0.341 e. The van der Waals surface area contributed by atoms with Gasteiger partial charge in [-0.15, -0.1) is 0 Å². The van der Waals surface area contributed by atoms with Gasteiger partial charge in [-0.05, 0) is 55.9 Å². The van der Waals surface area contributed by atoms with E-state index in [0.717, 1.165) is 30.2 Å². The van der Waals surface area contributed by atoms with Crippen molar-refractivity contribution < 1.29 is 13.2 Å². The average Bonchev–Trinajstić information content (AvgIpc) is 2.42. The molecule has 1 aliphatic rings. The molecule has 23 heavy (non-hydrogen) atoms. The number of rotatable bonds is 4. The van der Waals surface area contributed by atoms with Crippen LogP contribution in [-0.2, 0) is 14.8 Å². The summed E-state index contributed by atoms with van der Waals surface area (Å²) in [6.45, 7) is 7.26. The van der Waals surface area contributed by atoms with E-state index in [2.05, 4.69) is 6.92 Å². The fraction of sp³-hybridized carbons (Fsp3) is 0.588. The smallest absolute Gasteiger partial charge is 0.243 e. The van der Waals surface area contributed by atoms with Gasteiger partial charge in [0.05, 0.1) is 11.9 Å². The van der Waals surface area contributed by atoms with Crippen LogP contribution in [0.15, 0.2) is 18.2 Å². The number of carbonyl (C=O) groups excluding carboxylic acids is 1. The van der Waals surface area contributed by atoms with Crippen molar-refractivity contribution in [2.24, 2.45) is 5.92 Å². The van der Waals surface area contributed by atoms with Crippen molar-refractivity contribution in [3.05, 3.63) is 29.3 Å². The molecule has 1 saturated heterocycles. The van der Waals surface area contributed by atoms with Crippen LogP contribution >= 0.6 is 0 Å². The predicted molar refractivity (Wildman–Crippen MR) is 93.1 cm³/mol. The van der Waals surface area contributed by atoms with Crippen molar-refractivity contribution in [3.8, 4) is 0 Å². The minimum absolute atomic E-state index is 0.124. The Bertz CT molecular complexity index is 665. The summed E-state index contributed by atoms with van der Waals surface area (Å²) in [5.41, 5.74) is 2.52. The first-order valence-corrected chi connectivity index (χ1v) is 9.85. The lowest BCUT2D eigenvalue weighted by Crippen LogP contribution is -2.46. The zero-order chi connectivity index (χ0) is 17.2. The molecule has 1 atom stereocenters. The zero-order valence-electron chi connectivity index (χ0n) is 14.4. The summed E-state index contributed by atoms with van der Waals surface area (Å²) in [6.07, 6.45) is 3.25. The fourth-order valence-corrected chi connectivity index (χ4v) is 3.97. The van der Waals surface area contributed by atoms with Gasteiger partial charge in [-0.25, -0.2) is 8.42 Å². The van der Waals surface area contributed by atoms with E-state index in [-0.39, 0.29) is 12.5 Å². The highest BCUT2D eigenvalue weighted by Gasteiger charge is 2.26. The second kappa shape index (κ2) is 6.91. The van der Waals surface area contributed by atoms with Crippen molar-refractivity contribution in [2.75, 3.05) is 30.2 Å². The van der Waals surface area contributed by atoms with Crippen LogP contribution < -0.4 is 4.31 Å². The Morgan fingerprint density at radius 2 is 1.87 bits per heavy atom.